The first-order chi connectivity index (χ1) is 13.2. The SMILES string of the molecule is NCC(c1ccccc1)P1(=O)N(c2ccccc2)CCN1c1ccccc1. The van der Waals surface area contributed by atoms with Gasteiger partial charge in [-0.1, -0.05) is 66.7 Å². The number of hydrogen-bond donors (Lipinski definition) is 1. The van der Waals surface area contributed by atoms with Crippen LogP contribution < -0.4 is 15.1 Å². The largest absolute Gasteiger partial charge is 0.329 e. The van der Waals surface area contributed by atoms with Crippen LogP contribution in [0.2, 0.25) is 0 Å². The smallest absolute Gasteiger partial charge is 0.271 e. The van der Waals surface area contributed by atoms with Crippen molar-refractivity contribution in [1.82, 2.24) is 0 Å². The maximum atomic E-state index is 14.8. The highest BCUT2D eigenvalue weighted by atomic mass is 31.2. The van der Waals surface area contributed by atoms with E-state index in [-0.39, 0.29) is 5.66 Å². The summed E-state index contributed by atoms with van der Waals surface area (Å²) in [6.07, 6.45) is 0. The molecule has 27 heavy (non-hydrogen) atoms. The quantitative estimate of drug-likeness (QED) is 0.642. The monoisotopic (exact) mass is 377 g/mol. The van der Waals surface area contributed by atoms with Crippen LogP contribution in [0.5, 0.6) is 0 Å². The summed E-state index contributed by atoms with van der Waals surface area (Å²) in [5.41, 5.74) is 8.94. The summed E-state index contributed by atoms with van der Waals surface area (Å²) in [5.74, 6) is 0. The van der Waals surface area contributed by atoms with Crippen LogP contribution in [0.25, 0.3) is 0 Å². The Bertz CT molecular complexity index is 867. The van der Waals surface area contributed by atoms with E-state index >= 15 is 0 Å². The average Bonchev–Trinajstić information content (AvgIpc) is 3.08. The van der Waals surface area contributed by atoms with Crippen molar-refractivity contribution in [2.45, 2.75) is 5.66 Å². The van der Waals surface area contributed by atoms with Crippen molar-refractivity contribution in [2.24, 2.45) is 5.73 Å². The van der Waals surface area contributed by atoms with E-state index in [9.17, 15) is 4.57 Å². The summed E-state index contributed by atoms with van der Waals surface area (Å²) < 4.78 is 18.9. The predicted octanol–water partition coefficient (Wildman–Crippen LogP) is 4.91. The van der Waals surface area contributed by atoms with Gasteiger partial charge in [0.05, 0.1) is 5.66 Å². The molecule has 3 aromatic carbocycles. The summed E-state index contributed by atoms with van der Waals surface area (Å²) in [5, 5.41) is 0. The second-order valence-electron chi connectivity index (χ2n) is 6.67. The van der Waals surface area contributed by atoms with Gasteiger partial charge in [-0.15, -0.1) is 0 Å². The number of rotatable bonds is 5. The van der Waals surface area contributed by atoms with Gasteiger partial charge in [0.1, 0.15) is 0 Å². The van der Waals surface area contributed by atoms with Gasteiger partial charge in [0.2, 0.25) is 0 Å². The molecule has 1 heterocycles. The number of anilines is 2. The fourth-order valence-electron chi connectivity index (χ4n) is 3.87. The molecule has 1 saturated heterocycles. The van der Waals surface area contributed by atoms with Crippen LogP contribution >= 0.6 is 7.44 Å². The van der Waals surface area contributed by atoms with E-state index in [2.05, 4.69) is 9.34 Å². The molecule has 1 fully saturated rings. The second kappa shape index (κ2) is 7.59. The zero-order chi connectivity index (χ0) is 18.7. The molecular weight excluding hydrogens is 353 g/mol. The zero-order valence-electron chi connectivity index (χ0n) is 15.2. The molecule has 1 aliphatic heterocycles. The van der Waals surface area contributed by atoms with E-state index in [4.69, 9.17) is 5.73 Å². The minimum atomic E-state index is -3.02. The molecule has 4 nitrogen and oxygen atoms in total. The van der Waals surface area contributed by atoms with Gasteiger partial charge >= 0.3 is 0 Å². The van der Waals surface area contributed by atoms with Gasteiger partial charge < -0.3 is 15.1 Å². The highest BCUT2D eigenvalue weighted by Gasteiger charge is 2.49. The van der Waals surface area contributed by atoms with Crippen LogP contribution in [-0.4, -0.2) is 19.6 Å². The van der Waals surface area contributed by atoms with E-state index in [1.807, 2.05) is 91.0 Å². The van der Waals surface area contributed by atoms with Crippen LogP contribution in [0.3, 0.4) is 0 Å². The number of hydrogen-bond acceptors (Lipinski definition) is 2. The lowest BCUT2D eigenvalue weighted by Crippen LogP contribution is -2.27. The topological polar surface area (TPSA) is 49.6 Å². The molecule has 5 heteroatoms. The average molecular weight is 377 g/mol. The highest BCUT2D eigenvalue weighted by Crippen LogP contribution is 2.68. The van der Waals surface area contributed by atoms with Gasteiger partial charge in [0.15, 0.2) is 0 Å². The molecule has 0 amide bonds. The van der Waals surface area contributed by atoms with Crippen LogP contribution in [0.1, 0.15) is 11.2 Å². The van der Waals surface area contributed by atoms with Gasteiger partial charge in [-0.25, -0.2) is 0 Å². The van der Waals surface area contributed by atoms with E-state index in [1.54, 1.807) is 0 Å². The lowest BCUT2D eigenvalue weighted by Gasteiger charge is -2.38. The summed E-state index contributed by atoms with van der Waals surface area (Å²) in [7, 11) is -3.02. The van der Waals surface area contributed by atoms with Crippen molar-refractivity contribution in [1.29, 1.82) is 0 Å². The Kier molecular flexibility index (Phi) is 5.02. The molecule has 4 rings (SSSR count). The number of benzene rings is 3. The standard InChI is InChI=1S/C22H24N3OP/c23-18-22(19-10-4-1-5-11-19)27(26)24(20-12-6-2-7-13-20)16-17-25(27)21-14-8-3-9-15-21/h1-15,22H,16-18,23H2. The summed E-state index contributed by atoms with van der Waals surface area (Å²) in [4.78, 5) is 0. The molecule has 1 aliphatic rings. The van der Waals surface area contributed by atoms with E-state index in [0.717, 1.165) is 16.9 Å². The Labute approximate surface area is 160 Å². The normalized spacial score (nSPS) is 17.1. The minimum Gasteiger partial charge on any atom is -0.329 e. The van der Waals surface area contributed by atoms with Crippen molar-refractivity contribution in [2.75, 3.05) is 29.0 Å². The van der Waals surface area contributed by atoms with Crippen molar-refractivity contribution >= 4 is 18.8 Å². The molecular formula is C22H24N3OP. The number of nitrogens with zero attached hydrogens (tertiary/aromatic N) is 2. The molecule has 0 aliphatic carbocycles. The van der Waals surface area contributed by atoms with Crippen LogP contribution in [0.4, 0.5) is 11.4 Å². The molecule has 2 N–H and O–H groups in total. The summed E-state index contributed by atoms with van der Waals surface area (Å²) in [6, 6.07) is 30.0. The first kappa shape index (κ1) is 17.8. The molecule has 0 aromatic heterocycles. The molecule has 1 unspecified atom stereocenters. The Morgan fingerprint density at radius 1 is 0.741 bits per heavy atom. The fraction of sp³-hybridized carbons (Fsp3) is 0.182. The Morgan fingerprint density at radius 3 is 1.56 bits per heavy atom. The van der Waals surface area contributed by atoms with Crippen LogP contribution in [0.15, 0.2) is 91.0 Å². The zero-order valence-corrected chi connectivity index (χ0v) is 16.1. The van der Waals surface area contributed by atoms with Crippen molar-refractivity contribution in [3.8, 4) is 0 Å². The summed E-state index contributed by atoms with van der Waals surface area (Å²) in [6.45, 7) is 1.74. The van der Waals surface area contributed by atoms with Gasteiger partial charge in [-0.2, -0.15) is 0 Å². The Morgan fingerprint density at radius 2 is 1.15 bits per heavy atom. The van der Waals surface area contributed by atoms with Crippen molar-refractivity contribution in [3.05, 3.63) is 96.6 Å². The number of para-hydroxylation sites is 2. The lowest BCUT2D eigenvalue weighted by molar-refractivity contribution is 0.565. The molecule has 138 valence electrons. The van der Waals surface area contributed by atoms with Crippen LogP contribution in [-0.2, 0) is 4.57 Å². The second-order valence-corrected chi connectivity index (χ2v) is 9.44. The lowest BCUT2D eigenvalue weighted by atomic mass is 10.1. The highest BCUT2D eigenvalue weighted by molar-refractivity contribution is 7.68. The number of nitrogens with two attached hydrogens (primary N) is 1. The molecule has 0 spiro atoms. The minimum absolute atomic E-state index is 0.262. The maximum Gasteiger partial charge on any atom is 0.271 e. The first-order valence-electron chi connectivity index (χ1n) is 9.26. The predicted molar refractivity (Wildman–Crippen MR) is 113 cm³/mol. The Balaban J connectivity index is 1.86. The van der Waals surface area contributed by atoms with Gasteiger partial charge in [0, 0.05) is 31.0 Å². The molecule has 0 saturated carbocycles. The molecule has 3 aromatic rings. The van der Waals surface area contributed by atoms with Crippen molar-refractivity contribution < 1.29 is 4.57 Å². The van der Waals surface area contributed by atoms with E-state index in [1.165, 1.54) is 0 Å². The first-order valence-corrected chi connectivity index (χ1v) is 10.9. The molecule has 1 atom stereocenters. The maximum absolute atomic E-state index is 14.8. The Hall–Kier alpha value is -2.55. The van der Waals surface area contributed by atoms with Gasteiger partial charge in [-0.3, -0.25) is 4.57 Å². The van der Waals surface area contributed by atoms with Crippen LogP contribution in [0, 0.1) is 0 Å². The van der Waals surface area contributed by atoms with E-state index in [0.29, 0.717) is 19.6 Å². The summed E-state index contributed by atoms with van der Waals surface area (Å²) >= 11 is 0. The molecule has 0 radical (unpaired) electrons. The third kappa shape index (κ3) is 3.16. The third-order valence-electron chi connectivity index (χ3n) is 5.14. The van der Waals surface area contributed by atoms with Gasteiger partial charge in [0.25, 0.3) is 7.44 Å². The van der Waals surface area contributed by atoms with Crippen molar-refractivity contribution in [3.63, 3.8) is 0 Å². The molecule has 0 bridgehead atoms. The fourth-order valence-corrected chi connectivity index (χ4v) is 7.32. The third-order valence-corrected chi connectivity index (χ3v) is 8.70. The van der Waals surface area contributed by atoms with E-state index < -0.39 is 7.44 Å². The van der Waals surface area contributed by atoms with Gasteiger partial charge in [-0.05, 0) is 29.8 Å².